The van der Waals surface area contributed by atoms with E-state index in [1.807, 2.05) is 31.0 Å². The lowest BCUT2D eigenvalue weighted by molar-refractivity contribution is 0.195. The molecule has 0 bridgehead atoms. The summed E-state index contributed by atoms with van der Waals surface area (Å²) in [5, 5.41) is 4.30. The van der Waals surface area contributed by atoms with E-state index in [1.165, 1.54) is 43.6 Å². The summed E-state index contributed by atoms with van der Waals surface area (Å²) in [6, 6.07) is 2.10. The SMILES string of the molecule is Cc1nccc(C[C@H]2CCC[C@@H]3CN(Cc4cnn(C)c4)C[C@H]23)n1. The molecule has 0 aromatic carbocycles. The van der Waals surface area contributed by atoms with Crippen LogP contribution in [0.3, 0.4) is 0 Å². The molecule has 5 nitrogen and oxygen atoms in total. The third kappa shape index (κ3) is 3.36. The highest BCUT2D eigenvalue weighted by Crippen LogP contribution is 2.41. The van der Waals surface area contributed by atoms with Crippen molar-refractivity contribution in [1.29, 1.82) is 0 Å². The van der Waals surface area contributed by atoms with Gasteiger partial charge in [-0.2, -0.15) is 5.10 Å². The number of likely N-dealkylation sites (tertiary alicyclic amines) is 1. The minimum absolute atomic E-state index is 0.775. The Morgan fingerprint density at radius 1 is 1.25 bits per heavy atom. The second kappa shape index (κ2) is 6.63. The molecule has 4 rings (SSSR count). The molecule has 2 aromatic heterocycles. The van der Waals surface area contributed by atoms with Crippen molar-refractivity contribution in [3.8, 4) is 0 Å². The fourth-order valence-corrected chi connectivity index (χ4v) is 4.77. The number of aromatic nitrogens is 4. The number of fused-ring (bicyclic) bond motifs is 1. The summed E-state index contributed by atoms with van der Waals surface area (Å²) in [6.45, 7) is 5.51. The van der Waals surface area contributed by atoms with Crippen molar-refractivity contribution in [1.82, 2.24) is 24.6 Å². The van der Waals surface area contributed by atoms with E-state index in [2.05, 4.69) is 32.2 Å². The third-order valence-corrected chi connectivity index (χ3v) is 5.79. The first kappa shape index (κ1) is 15.8. The predicted molar refractivity (Wildman–Crippen MR) is 93.3 cm³/mol. The lowest BCUT2D eigenvalue weighted by atomic mass is 9.72. The lowest BCUT2D eigenvalue weighted by Gasteiger charge is -2.33. The molecule has 1 saturated heterocycles. The van der Waals surface area contributed by atoms with Crippen LogP contribution in [0.2, 0.25) is 0 Å². The van der Waals surface area contributed by atoms with Gasteiger partial charge >= 0.3 is 0 Å². The molecule has 2 fully saturated rings. The lowest BCUT2D eigenvalue weighted by Crippen LogP contribution is -2.29. The first-order valence-corrected chi connectivity index (χ1v) is 9.16. The largest absolute Gasteiger partial charge is 0.298 e. The Morgan fingerprint density at radius 2 is 2.17 bits per heavy atom. The van der Waals surface area contributed by atoms with Crippen LogP contribution in [-0.2, 0) is 20.0 Å². The van der Waals surface area contributed by atoms with Gasteiger partial charge in [-0.05, 0) is 50.0 Å². The minimum Gasteiger partial charge on any atom is -0.298 e. The molecule has 0 amide bonds. The maximum atomic E-state index is 4.64. The number of aryl methyl sites for hydroxylation is 2. The highest BCUT2D eigenvalue weighted by Gasteiger charge is 2.40. The molecule has 0 radical (unpaired) electrons. The second-order valence-electron chi connectivity index (χ2n) is 7.63. The van der Waals surface area contributed by atoms with Gasteiger partial charge in [-0.1, -0.05) is 6.42 Å². The standard InChI is InChI=1S/C19H27N5/c1-14-20-7-6-18(22-14)8-16-4-3-5-17-12-24(13-19(16)17)11-15-9-21-23(2)10-15/h6-7,9-10,16-17,19H,3-5,8,11-13H2,1-2H3/t16-,17-,19-/m1/s1. The zero-order valence-corrected chi connectivity index (χ0v) is 14.7. The van der Waals surface area contributed by atoms with Crippen molar-refractivity contribution >= 4 is 0 Å². The maximum Gasteiger partial charge on any atom is 0.125 e. The number of hydrogen-bond donors (Lipinski definition) is 0. The van der Waals surface area contributed by atoms with E-state index < -0.39 is 0 Å². The van der Waals surface area contributed by atoms with E-state index in [0.717, 1.165) is 36.5 Å². The van der Waals surface area contributed by atoms with Crippen LogP contribution in [0.1, 0.15) is 36.3 Å². The van der Waals surface area contributed by atoms with Crippen molar-refractivity contribution in [2.24, 2.45) is 24.8 Å². The van der Waals surface area contributed by atoms with Gasteiger partial charge in [-0.15, -0.1) is 0 Å². The van der Waals surface area contributed by atoms with Gasteiger partial charge in [-0.3, -0.25) is 9.58 Å². The Kier molecular flexibility index (Phi) is 4.35. The Hall–Kier alpha value is -1.75. The fourth-order valence-electron chi connectivity index (χ4n) is 4.77. The van der Waals surface area contributed by atoms with Crippen LogP contribution in [-0.4, -0.2) is 37.7 Å². The molecule has 24 heavy (non-hydrogen) atoms. The van der Waals surface area contributed by atoms with Crippen LogP contribution >= 0.6 is 0 Å². The summed E-state index contributed by atoms with van der Waals surface area (Å²) in [5.74, 6) is 3.36. The molecule has 1 aliphatic carbocycles. The number of rotatable bonds is 4. The van der Waals surface area contributed by atoms with E-state index in [9.17, 15) is 0 Å². The van der Waals surface area contributed by atoms with Gasteiger partial charge in [0.1, 0.15) is 5.82 Å². The van der Waals surface area contributed by atoms with Crippen LogP contribution in [0, 0.1) is 24.7 Å². The van der Waals surface area contributed by atoms with Crippen molar-refractivity contribution in [3.05, 3.63) is 41.7 Å². The molecule has 1 saturated carbocycles. The van der Waals surface area contributed by atoms with Crippen molar-refractivity contribution in [3.63, 3.8) is 0 Å². The monoisotopic (exact) mass is 325 g/mol. The summed E-state index contributed by atoms with van der Waals surface area (Å²) in [4.78, 5) is 11.5. The van der Waals surface area contributed by atoms with Gasteiger partial charge in [0, 0.05) is 50.3 Å². The summed E-state index contributed by atoms with van der Waals surface area (Å²) in [5.41, 5.74) is 2.55. The van der Waals surface area contributed by atoms with Crippen molar-refractivity contribution in [2.45, 2.75) is 39.2 Å². The molecule has 3 atom stereocenters. The van der Waals surface area contributed by atoms with Gasteiger partial charge < -0.3 is 0 Å². The van der Waals surface area contributed by atoms with Crippen molar-refractivity contribution in [2.75, 3.05) is 13.1 Å². The Balaban J connectivity index is 1.42. The van der Waals surface area contributed by atoms with Crippen LogP contribution < -0.4 is 0 Å². The fraction of sp³-hybridized carbons (Fsp3) is 0.632. The smallest absolute Gasteiger partial charge is 0.125 e. The highest BCUT2D eigenvalue weighted by molar-refractivity contribution is 5.07. The minimum atomic E-state index is 0.775. The molecule has 0 spiro atoms. The molecule has 1 aliphatic heterocycles. The highest BCUT2D eigenvalue weighted by atomic mass is 15.2. The summed E-state index contributed by atoms with van der Waals surface area (Å²) in [7, 11) is 1.99. The molecule has 5 heteroatoms. The van der Waals surface area contributed by atoms with E-state index in [-0.39, 0.29) is 0 Å². The number of hydrogen-bond acceptors (Lipinski definition) is 4. The van der Waals surface area contributed by atoms with Crippen molar-refractivity contribution < 1.29 is 0 Å². The zero-order chi connectivity index (χ0) is 16.5. The third-order valence-electron chi connectivity index (χ3n) is 5.79. The summed E-state index contributed by atoms with van der Waals surface area (Å²) >= 11 is 0. The number of nitrogens with zero attached hydrogens (tertiary/aromatic N) is 5. The van der Waals surface area contributed by atoms with Crippen LogP contribution in [0.5, 0.6) is 0 Å². The predicted octanol–water partition coefficient (Wildman–Crippen LogP) is 2.61. The van der Waals surface area contributed by atoms with E-state index in [0.29, 0.717) is 0 Å². The Morgan fingerprint density at radius 3 is 2.96 bits per heavy atom. The van der Waals surface area contributed by atoms with E-state index >= 15 is 0 Å². The Bertz CT molecular complexity index is 695. The summed E-state index contributed by atoms with van der Waals surface area (Å²) in [6.07, 6.45) is 11.3. The first-order valence-electron chi connectivity index (χ1n) is 9.16. The molecule has 0 N–H and O–H groups in total. The molecule has 0 unspecified atom stereocenters. The summed E-state index contributed by atoms with van der Waals surface area (Å²) < 4.78 is 1.90. The van der Waals surface area contributed by atoms with Gasteiger partial charge in [0.25, 0.3) is 0 Å². The molecule has 2 aromatic rings. The van der Waals surface area contributed by atoms with Crippen LogP contribution in [0.4, 0.5) is 0 Å². The van der Waals surface area contributed by atoms with Crippen LogP contribution in [0.25, 0.3) is 0 Å². The molecular formula is C19H27N5. The van der Waals surface area contributed by atoms with Gasteiger partial charge in [0.15, 0.2) is 0 Å². The van der Waals surface area contributed by atoms with E-state index in [1.54, 1.807) is 0 Å². The molecule has 128 valence electrons. The normalized spacial score (nSPS) is 27.3. The first-order chi connectivity index (χ1) is 11.7. The van der Waals surface area contributed by atoms with E-state index in [4.69, 9.17) is 0 Å². The molecule has 2 aliphatic rings. The average Bonchev–Trinajstić information content (AvgIpc) is 3.14. The molecule has 3 heterocycles. The average molecular weight is 325 g/mol. The van der Waals surface area contributed by atoms with Gasteiger partial charge in [-0.25, -0.2) is 9.97 Å². The zero-order valence-electron chi connectivity index (χ0n) is 14.7. The van der Waals surface area contributed by atoms with Crippen LogP contribution in [0.15, 0.2) is 24.7 Å². The molecular weight excluding hydrogens is 298 g/mol. The van der Waals surface area contributed by atoms with Gasteiger partial charge in [0.05, 0.1) is 6.20 Å². The maximum absolute atomic E-state index is 4.64. The second-order valence-corrected chi connectivity index (χ2v) is 7.63. The quantitative estimate of drug-likeness (QED) is 0.867. The van der Waals surface area contributed by atoms with Gasteiger partial charge in [0.2, 0.25) is 0 Å². The Labute approximate surface area is 144 Å². The topological polar surface area (TPSA) is 46.8 Å².